The van der Waals surface area contributed by atoms with Gasteiger partial charge < -0.3 is 9.52 Å². The topological polar surface area (TPSA) is 88.2 Å². The number of hydrogen-bond donors (Lipinski definition) is 2. The van der Waals surface area contributed by atoms with Gasteiger partial charge >= 0.3 is 5.69 Å². The van der Waals surface area contributed by atoms with Gasteiger partial charge in [-0.3, -0.25) is 9.78 Å². The lowest BCUT2D eigenvalue weighted by Gasteiger charge is -1.98. The summed E-state index contributed by atoms with van der Waals surface area (Å²) in [7, 11) is 0. The summed E-state index contributed by atoms with van der Waals surface area (Å²) in [4.78, 5) is 24.2. The van der Waals surface area contributed by atoms with E-state index in [2.05, 4.69) is 4.98 Å². The number of nitrogens with zero attached hydrogens (tertiary/aromatic N) is 1. The monoisotopic (exact) mass is 208 g/mol. The third-order valence-electron chi connectivity index (χ3n) is 1.86. The maximum absolute atomic E-state index is 11.3. The van der Waals surface area contributed by atoms with E-state index in [9.17, 15) is 9.59 Å². The molecule has 0 spiro atoms. The standard InChI is InChI=1S/C9H8N2O4/c12-5-6-1-2-8(15-6)11-4-3-7(13)10-9(11)14/h1-4,12H,5H2,(H,10,13,14). The third-order valence-corrected chi connectivity index (χ3v) is 1.86. The Hall–Kier alpha value is -2.08. The molecule has 2 N–H and O–H groups in total. The highest BCUT2D eigenvalue weighted by Crippen LogP contribution is 2.09. The van der Waals surface area contributed by atoms with E-state index in [1.54, 1.807) is 6.07 Å². The van der Waals surface area contributed by atoms with Crippen molar-refractivity contribution < 1.29 is 9.52 Å². The normalized spacial score (nSPS) is 10.5. The van der Waals surface area contributed by atoms with E-state index in [1.807, 2.05) is 0 Å². The molecule has 0 bridgehead atoms. The van der Waals surface area contributed by atoms with Crippen LogP contribution in [0, 0.1) is 0 Å². The van der Waals surface area contributed by atoms with E-state index < -0.39 is 11.2 Å². The Morgan fingerprint density at radius 3 is 2.73 bits per heavy atom. The second kappa shape index (κ2) is 3.58. The van der Waals surface area contributed by atoms with Crippen LogP contribution in [0.5, 0.6) is 0 Å². The fourth-order valence-electron chi connectivity index (χ4n) is 1.17. The molecule has 2 rings (SSSR count). The zero-order valence-corrected chi connectivity index (χ0v) is 7.64. The summed E-state index contributed by atoms with van der Waals surface area (Å²) in [5.74, 6) is 0.600. The number of aromatic amines is 1. The molecule has 0 atom stereocenters. The molecule has 78 valence electrons. The maximum Gasteiger partial charge on any atom is 0.335 e. The van der Waals surface area contributed by atoms with Gasteiger partial charge in [0.15, 0.2) is 0 Å². The molecular weight excluding hydrogens is 200 g/mol. The fourth-order valence-corrected chi connectivity index (χ4v) is 1.17. The van der Waals surface area contributed by atoms with Crippen LogP contribution >= 0.6 is 0 Å². The van der Waals surface area contributed by atoms with Crippen molar-refractivity contribution in [1.82, 2.24) is 9.55 Å². The molecule has 2 aromatic heterocycles. The second-order valence-corrected chi connectivity index (χ2v) is 2.88. The molecule has 0 aliphatic rings. The Morgan fingerprint density at radius 2 is 2.13 bits per heavy atom. The highest BCUT2D eigenvalue weighted by Gasteiger charge is 2.04. The van der Waals surface area contributed by atoms with Crippen molar-refractivity contribution in [2.45, 2.75) is 6.61 Å². The van der Waals surface area contributed by atoms with Crippen LogP contribution in [0.4, 0.5) is 0 Å². The zero-order chi connectivity index (χ0) is 10.8. The van der Waals surface area contributed by atoms with Crippen molar-refractivity contribution >= 4 is 0 Å². The van der Waals surface area contributed by atoms with E-state index >= 15 is 0 Å². The molecule has 2 aromatic rings. The molecule has 0 aliphatic heterocycles. The molecule has 0 fully saturated rings. The van der Waals surface area contributed by atoms with Crippen molar-refractivity contribution in [1.29, 1.82) is 0 Å². The number of aliphatic hydroxyl groups excluding tert-OH is 1. The summed E-state index contributed by atoms with van der Waals surface area (Å²) in [6.07, 6.45) is 1.31. The number of rotatable bonds is 2. The third kappa shape index (κ3) is 1.75. The summed E-state index contributed by atoms with van der Waals surface area (Å²) >= 11 is 0. The zero-order valence-electron chi connectivity index (χ0n) is 7.64. The molecule has 0 saturated heterocycles. The van der Waals surface area contributed by atoms with Gasteiger partial charge in [-0.15, -0.1) is 0 Å². The first-order chi connectivity index (χ1) is 7.20. The predicted molar refractivity (Wildman–Crippen MR) is 50.8 cm³/mol. The largest absolute Gasteiger partial charge is 0.442 e. The van der Waals surface area contributed by atoms with Crippen LogP contribution in [0.15, 0.2) is 38.4 Å². The summed E-state index contributed by atoms with van der Waals surface area (Å²) in [5, 5.41) is 8.77. The molecule has 6 nitrogen and oxygen atoms in total. The minimum atomic E-state index is -0.582. The van der Waals surface area contributed by atoms with E-state index in [0.29, 0.717) is 5.76 Å². The molecule has 0 amide bonds. The highest BCUT2D eigenvalue weighted by molar-refractivity contribution is 5.20. The highest BCUT2D eigenvalue weighted by atomic mass is 16.4. The second-order valence-electron chi connectivity index (χ2n) is 2.88. The summed E-state index contributed by atoms with van der Waals surface area (Å²) in [5.41, 5.74) is -1.05. The maximum atomic E-state index is 11.3. The summed E-state index contributed by atoms with van der Waals surface area (Å²) in [6.45, 7) is -0.238. The lowest BCUT2D eigenvalue weighted by Crippen LogP contribution is -2.27. The van der Waals surface area contributed by atoms with E-state index in [4.69, 9.17) is 9.52 Å². The number of aromatic nitrogens is 2. The number of furan rings is 1. The van der Waals surface area contributed by atoms with Crippen molar-refractivity contribution in [3.8, 4) is 5.88 Å². The number of nitrogens with one attached hydrogen (secondary N) is 1. The van der Waals surface area contributed by atoms with Crippen LogP contribution in [-0.4, -0.2) is 14.7 Å². The van der Waals surface area contributed by atoms with Crippen LogP contribution in [0.2, 0.25) is 0 Å². The Bertz CT molecular complexity index is 578. The molecule has 6 heteroatoms. The number of aliphatic hydroxyl groups is 1. The van der Waals surface area contributed by atoms with E-state index in [1.165, 1.54) is 18.3 Å². The average Bonchev–Trinajstić information content (AvgIpc) is 2.66. The van der Waals surface area contributed by atoms with Gasteiger partial charge in [0.25, 0.3) is 5.56 Å². The minimum absolute atomic E-state index is 0.238. The van der Waals surface area contributed by atoms with E-state index in [0.717, 1.165) is 4.57 Å². The lowest BCUT2D eigenvalue weighted by atomic mass is 10.5. The molecule has 0 aliphatic carbocycles. The first-order valence-electron chi connectivity index (χ1n) is 4.22. The van der Waals surface area contributed by atoms with Crippen molar-refractivity contribution in [3.05, 3.63) is 51.0 Å². The molecule has 0 saturated carbocycles. The van der Waals surface area contributed by atoms with Crippen molar-refractivity contribution in [3.63, 3.8) is 0 Å². The van der Waals surface area contributed by atoms with Gasteiger partial charge in [-0.25, -0.2) is 9.36 Å². The van der Waals surface area contributed by atoms with Gasteiger partial charge in [-0.05, 0) is 6.07 Å². The number of H-pyrrole nitrogens is 1. The smallest absolute Gasteiger partial charge is 0.335 e. The lowest BCUT2D eigenvalue weighted by molar-refractivity contribution is 0.246. The van der Waals surface area contributed by atoms with E-state index in [-0.39, 0.29) is 12.5 Å². The van der Waals surface area contributed by atoms with Gasteiger partial charge in [0, 0.05) is 18.3 Å². The Kier molecular flexibility index (Phi) is 2.26. The van der Waals surface area contributed by atoms with Crippen molar-refractivity contribution in [2.75, 3.05) is 0 Å². The van der Waals surface area contributed by atoms with Crippen LogP contribution < -0.4 is 11.2 Å². The van der Waals surface area contributed by atoms with Gasteiger partial charge in [0.05, 0.1) is 0 Å². The summed E-state index contributed by atoms with van der Waals surface area (Å²) < 4.78 is 6.27. The van der Waals surface area contributed by atoms with Gasteiger partial charge in [-0.1, -0.05) is 0 Å². The first-order valence-corrected chi connectivity index (χ1v) is 4.22. The van der Waals surface area contributed by atoms with Gasteiger partial charge in [0.2, 0.25) is 5.88 Å². The minimum Gasteiger partial charge on any atom is -0.442 e. The average molecular weight is 208 g/mol. The molecule has 0 radical (unpaired) electrons. The first kappa shape index (κ1) is 9.47. The van der Waals surface area contributed by atoms with Crippen LogP contribution in [0.25, 0.3) is 5.88 Å². The van der Waals surface area contributed by atoms with Crippen LogP contribution in [0.1, 0.15) is 5.76 Å². The SMILES string of the molecule is O=c1ccn(-c2ccc(CO)o2)c(=O)[nH]1. The van der Waals surface area contributed by atoms with Gasteiger partial charge in [0.1, 0.15) is 12.4 Å². The van der Waals surface area contributed by atoms with Crippen molar-refractivity contribution in [2.24, 2.45) is 0 Å². The molecule has 0 unspecified atom stereocenters. The Morgan fingerprint density at radius 1 is 1.33 bits per heavy atom. The predicted octanol–water partition coefficient (Wildman–Crippen LogP) is -0.389. The molecule has 2 heterocycles. The van der Waals surface area contributed by atoms with Crippen LogP contribution in [-0.2, 0) is 6.61 Å². The van der Waals surface area contributed by atoms with Gasteiger partial charge in [-0.2, -0.15) is 0 Å². The molecule has 15 heavy (non-hydrogen) atoms. The molecular formula is C9H8N2O4. The summed E-state index contributed by atoms with van der Waals surface area (Å²) in [6, 6.07) is 4.29. The quantitative estimate of drug-likeness (QED) is 0.703. The van der Waals surface area contributed by atoms with Crippen LogP contribution in [0.3, 0.4) is 0 Å². The fraction of sp³-hybridized carbons (Fsp3) is 0.111. The Labute approximate surface area is 83.4 Å². The number of hydrogen-bond acceptors (Lipinski definition) is 4. The Balaban J connectivity index is 2.54. The molecule has 0 aromatic carbocycles.